The number of esters is 1. The summed E-state index contributed by atoms with van der Waals surface area (Å²) in [5.41, 5.74) is 0. The summed E-state index contributed by atoms with van der Waals surface area (Å²) in [6, 6.07) is 0. The Morgan fingerprint density at radius 3 is 2.55 bits per heavy atom. The Kier molecular flexibility index (Phi) is 2.11. The van der Waals surface area contributed by atoms with E-state index in [0.717, 1.165) is 0 Å². The molecule has 4 heteroatoms. The predicted molar refractivity (Wildman–Crippen MR) is 34.3 cm³/mol. The van der Waals surface area contributed by atoms with Crippen molar-refractivity contribution < 1.29 is 18.3 Å². The van der Waals surface area contributed by atoms with Gasteiger partial charge in [-0.25, -0.2) is 8.78 Å². The zero-order valence-corrected chi connectivity index (χ0v) is 6.27. The quantitative estimate of drug-likeness (QED) is 0.579. The van der Waals surface area contributed by atoms with E-state index in [9.17, 15) is 13.6 Å². The third kappa shape index (κ3) is 1.88. The van der Waals surface area contributed by atoms with Crippen LogP contribution in [-0.4, -0.2) is 18.5 Å². The van der Waals surface area contributed by atoms with Crippen LogP contribution < -0.4 is 0 Å². The van der Waals surface area contributed by atoms with Crippen LogP contribution in [0.25, 0.3) is 0 Å². The van der Waals surface area contributed by atoms with Gasteiger partial charge in [-0.3, -0.25) is 4.79 Å². The van der Waals surface area contributed by atoms with Gasteiger partial charge in [0.05, 0.1) is 12.5 Å². The lowest BCUT2D eigenvalue weighted by Gasteiger charge is -2.32. The molecule has 0 heterocycles. The molecular formula is C7H10F2O2. The molecule has 1 aliphatic carbocycles. The topological polar surface area (TPSA) is 26.3 Å². The molecule has 1 saturated carbocycles. The Balaban J connectivity index is 2.27. The minimum absolute atomic E-state index is 0.265. The summed E-state index contributed by atoms with van der Waals surface area (Å²) in [4.78, 5) is 10.8. The molecule has 0 spiro atoms. The van der Waals surface area contributed by atoms with E-state index in [2.05, 4.69) is 4.74 Å². The second kappa shape index (κ2) is 2.75. The molecule has 0 unspecified atom stereocenters. The Labute approximate surface area is 63.5 Å². The molecular weight excluding hydrogens is 154 g/mol. The average Bonchev–Trinajstić information content (AvgIpc) is 1.83. The van der Waals surface area contributed by atoms with Crippen LogP contribution in [0.3, 0.4) is 0 Å². The molecule has 1 rings (SSSR count). The lowest BCUT2D eigenvalue weighted by molar-refractivity contribution is -0.171. The highest BCUT2D eigenvalue weighted by molar-refractivity contribution is 5.73. The molecule has 0 atom stereocenters. The molecule has 0 radical (unpaired) electrons. The third-order valence-corrected chi connectivity index (χ3v) is 1.71. The molecule has 0 bridgehead atoms. The van der Waals surface area contributed by atoms with Crippen LogP contribution in [0.1, 0.15) is 19.8 Å². The fourth-order valence-electron chi connectivity index (χ4n) is 1.09. The third-order valence-electron chi connectivity index (χ3n) is 1.71. The first-order valence-electron chi connectivity index (χ1n) is 3.59. The van der Waals surface area contributed by atoms with E-state index in [1.165, 1.54) is 0 Å². The Hall–Kier alpha value is -0.670. The predicted octanol–water partition coefficient (Wildman–Crippen LogP) is 1.59. The molecule has 0 aromatic carbocycles. The van der Waals surface area contributed by atoms with Crippen LogP contribution in [0.4, 0.5) is 8.78 Å². The van der Waals surface area contributed by atoms with Gasteiger partial charge >= 0.3 is 5.97 Å². The SMILES string of the molecule is CCOC(=O)C1CC(F)(F)C1. The smallest absolute Gasteiger partial charge is 0.309 e. The molecule has 2 nitrogen and oxygen atoms in total. The summed E-state index contributed by atoms with van der Waals surface area (Å²) in [5.74, 6) is -3.68. The zero-order chi connectivity index (χ0) is 8.48. The highest BCUT2D eigenvalue weighted by Gasteiger charge is 2.49. The van der Waals surface area contributed by atoms with E-state index in [1.807, 2.05) is 0 Å². The molecule has 1 aliphatic rings. The van der Waals surface area contributed by atoms with E-state index in [4.69, 9.17) is 0 Å². The highest BCUT2D eigenvalue weighted by Crippen LogP contribution is 2.42. The maximum absolute atomic E-state index is 12.2. The first-order valence-corrected chi connectivity index (χ1v) is 3.59. The number of alkyl halides is 2. The summed E-state index contributed by atoms with van der Waals surface area (Å²) < 4.78 is 28.9. The van der Waals surface area contributed by atoms with Gasteiger partial charge in [-0.15, -0.1) is 0 Å². The average molecular weight is 164 g/mol. The number of hydrogen-bond acceptors (Lipinski definition) is 2. The van der Waals surface area contributed by atoms with Gasteiger partial charge in [0, 0.05) is 12.8 Å². The minimum Gasteiger partial charge on any atom is -0.466 e. The summed E-state index contributed by atoms with van der Waals surface area (Å²) in [7, 11) is 0. The van der Waals surface area contributed by atoms with Gasteiger partial charge in [0.2, 0.25) is 5.92 Å². The molecule has 0 aromatic heterocycles. The van der Waals surface area contributed by atoms with Crippen molar-refractivity contribution in [3.05, 3.63) is 0 Å². The number of halogens is 2. The molecule has 0 saturated heterocycles. The van der Waals surface area contributed by atoms with Crippen LogP contribution in [-0.2, 0) is 9.53 Å². The van der Waals surface area contributed by atoms with E-state index in [-0.39, 0.29) is 19.4 Å². The Bertz CT molecular complexity index is 160. The van der Waals surface area contributed by atoms with E-state index < -0.39 is 17.8 Å². The van der Waals surface area contributed by atoms with Crippen LogP contribution in [0, 0.1) is 5.92 Å². The maximum Gasteiger partial charge on any atom is 0.309 e. The molecule has 64 valence electrons. The molecule has 0 aliphatic heterocycles. The van der Waals surface area contributed by atoms with Crippen LogP contribution in [0.15, 0.2) is 0 Å². The van der Waals surface area contributed by atoms with Gasteiger partial charge in [-0.1, -0.05) is 0 Å². The lowest BCUT2D eigenvalue weighted by Crippen LogP contribution is -2.40. The highest BCUT2D eigenvalue weighted by atomic mass is 19.3. The molecule has 1 fully saturated rings. The largest absolute Gasteiger partial charge is 0.466 e. The monoisotopic (exact) mass is 164 g/mol. The fraction of sp³-hybridized carbons (Fsp3) is 0.857. The normalized spacial score (nSPS) is 22.5. The Morgan fingerprint density at radius 2 is 2.18 bits per heavy atom. The number of rotatable bonds is 2. The zero-order valence-electron chi connectivity index (χ0n) is 6.27. The fourth-order valence-corrected chi connectivity index (χ4v) is 1.09. The summed E-state index contributed by atoms with van der Waals surface area (Å²) in [6.07, 6.45) is -0.683. The van der Waals surface area contributed by atoms with Crippen molar-refractivity contribution in [3.63, 3.8) is 0 Å². The van der Waals surface area contributed by atoms with Crippen molar-refractivity contribution in [3.8, 4) is 0 Å². The lowest BCUT2D eigenvalue weighted by atomic mass is 9.81. The number of carbonyl (C=O) groups excluding carboxylic acids is 1. The van der Waals surface area contributed by atoms with Crippen LogP contribution in [0.2, 0.25) is 0 Å². The van der Waals surface area contributed by atoms with Gasteiger partial charge in [-0.2, -0.15) is 0 Å². The van der Waals surface area contributed by atoms with E-state index in [1.54, 1.807) is 6.92 Å². The van der Waals surface area contributed by atoms with Crippen molar-refractivity contribution in [2.75, 3.05) is 6.61 Å². The first kappa shape index (κ1) is 8.43. The second-order valence-corrected chi connectivity index (χ2v) is 2.71. The molecule has 11 heavy (non-hydrogen) atoms. The Morgan fingerprint density at radius 1 is 1.64 bits per heavy atom. The van der Waals surface area contributed by atoms with Crippen molar-refractivity contribution in [1.82, 2.24) is 0 Å². The van der Waals surface area contributed by atoms with E-state index >= 15 is 0 Å². The van der Waals surface area contributed by atoms with Crippen LogP contribution >= 0.6 is 0 Å². The maximum atomic E-state index is 12.2. The van der Waals surface area contributed by atoms with Crippen molar-refractivity contribution in [2.24, 2.45) is 5.92 Å². The van der Waals surface area contributed by atoms with Gasteiger partial charge in [-0.05, 0) is 6.92 Å². The first-order chi connectivity index (χ1) is 5.05. The summed E-state index contributed by atoms with van der Waals surface area (Å²) in [6.45, 7) is 1.93. The molecule has 0 aromatic rings. The van der Waals surface area contributed by atoms with Gasteiger partial charge in [0.1, 0.15) is 0 Å². The standard InChI is InChI=1S/C7H10F2O2/c1-2-11-6(10)5-3-7(8,9)4-5/h5H,2-4H2,1H3. The van der Waals surface area contributed by atoms with Gasteiger partial charge in [0.25, 0.3) is 0 Å². The molecule has 0 N–H and O–H groups in total. The van der Waals surface area contributed by atoms with Crippen molar-refractivity contribution in [1.29, 1.82) is 0 Å². The number of hydrogen-bond donors (Lipinski definition) is 0. The van der Waals surface area contributed by atoms with Gasteiger partial charge < -0.3 is 4.74 Å². The van der Waals surface area contributed by atoms with Crippen LogP contribution in [0.5, 0.6) is 0 Å². The minimum atomic E-state index is -2.63. The molecule has 0 amide bonds. The summed E-state index contributed by atoms with van der Waals surface area (Å²) in [5, 5.41) is 0. The summed E-state index contributed by atoms with van der Waals surface area (Å²) >= 11 is 0. The van der Waals surface area contributed by atoms with Gasteiger partial charge in [0.15, 0.2) is 0 Å². The van der Waals surface area contributed by atoms with Crippen molar-refractivity contribution >= 4 is 5.97 Å². The number of carbonyl (C=O) groups is 1. The van der Waals surface area contributed by atoms with E-state index in [0.29, 0.717) is 0 Å². The second-order valence-electron chi connectivity index (χ2n) is 2.71. The number of ether oxygens (including phenoxy) is 1. The van der Waals surface area contributed by atoms with Crippen molar-refractivity contribution in [2.45, 2.75) is 25.7 Å².